The van der Waals surface area contributed by atoms with E-state index in [4.69, 9.17) is 15.2 Å². The Morgan fingerprint density at radius 2 is 2.10 bits per heavy atom. The third kappa shape index (κ3) is 3.83. The lowest BCUT2D eigenvalue weighted by molar-refractivity contribution is 0.178. The lowest BCUT2D eigenvalue weighted by Gasteiger charge is -2.09. The second-order valence-electron chi connectivity index (χ2n) is 4.11. The molecule has 0 aliphatic rings. The first-order chi connectivity index (χ1) is 9.71. The Balaban J connectivity index is 2.18. The second kappa shape index (κ2) is 6.72. The van der Waals surface area contributed by atoms with Crippen molar-refractivity contribution in [2.45, 2.75) is 13.5 Å². The molecule has 3 N–H and O–H groups in total. The topological polar surface area (TPSA) is 82.3 Å². The van der Waals surface area contributed by atoms with E-state index in [-0.39, 0.29) is 0 Å². The van der Waals surface area contributed by atoms with Gasteiger partial charge in [0.15, 0.2) is 5.82 Å². The fourth-order valence-electron chi connectivity index (χ4n) is 1.75. The Kier molecular flexibility index (Phi) is 4.73. The van der Waals surface area contributed by atoms with Crippen molar-refractivity contribution < 1.29 is 9.47 Å². The highest BCUT2D eigenvalue weighted by Crippen LogP contribution is 2.21. The van der Waals surface area contributed by atoms with Gasteiger partial charge in [-0.15, -0.1) is 0 Å². The third-order valence-electron chi connectivity index (χ3n) is 2.48. The fourth-order valence-corrected chi connectivity index (χ4v) is 1.75. The van der Waals surface area contributed by atoms with Crippen LogP contribution in [0.1, 0.15) is 12.7 Å². The number of rotatable bonds is 6. The van der Waals surface area contributed by atoms with Crippen molar-refractivity contribution in [3.05, 3.63) is 36.2 Å². The van der Waals surface area contributed by atoms with Gasteiger partial charge in [-0.3, -0.25) is 0 Å². The number of hydrogen-bond donors (Lipinski definition) is 2. The van der Waals surface area contributed by atoms with Crippen LogP contribution < -0.4 is 15.8 Å². The summed E-state index contributed by atoms with van der Waals surface area (Å²) in [4.78, 5) is 8.42. The molecule has 2 rings (SSSR count). The molecular formula is C14H18N4O2. The molecule has 0 saturated heterocycles. The van der Waals surface area contributed by atoms with Crippen molar-refractivity contribution in [1.29, 1.82) is 0 Å². The van der Waals surface area contributed by atoms with Crippen LogP contribution >= 0.6 is 0 Å². The first-order valence-electron chi connectivity index (χ1n) is 6.33. The van der Waals surface area contributed by atoms with Crippen molar-refractivity contribution in [3.8, 4) is 5.75 Å². The summed E-state index contributed by atoms with van der Waals surface area (Å²) >= 11 is 0. The number of nitrogens with zero attached hydrogens (tertiary/aromatic N) is 2. The van der Waals surface area contributed by atoms with Crippen LogP contribution in [-0.4, -0.2) is 23.7 Å². The molecule has 1 aromatic carbocycles. The Morgan fingerprint density at radius 3 is 2.85 bits per heavy atom. The number of nitrogen functional groups attached to an aromatic ring is 1. The average Bonchev–Trinajstić information content (AvgIpc) is 2.39. The summed E-state index contributed by atoms with van der Waals surface area (Å²) in [7, 11) is 1.59. The van der Waals surface area contributed by atoms with Gasteiger partial charge < -0.3 is 20.5 Å². The quantitative estimate of drug-likeness (QED) is 0.841. The van der Waals surface area contributed by atoms with Gasteiger partial charge in [0.25, 0.3) is 0 Å². The Labute approximate surface area is 118 Å². The van der Waals surface area contributed by atoms with Crippen LogP contribution in [0.3, 0.4) is 0 Å². The molecule has 0 saturated carbocycles. The van der Waals surface area contributed by atoms with E-state index in [1.807, 2.05) is 31.2 Å². The molecule has 6 nitrogen and oxygen atoms in total. The van der Waals surface area contributed by atoms with Gasteiger partial charge >= 0.3 is 0 Å². The predicted octanol–water partition coefficient (Wildman–Crippen LogP) is 2.35. The van der Waals surface area contributed by atoms with Crippen LogP contribution in [0.2, 0.25) is 0 Å². The zero-order valence-electron chi connectivity index (χ0n) is 11.6. The van der Waals surface area contributed by atoms with Crippen molar-refractivity contribution in [3.63, 3.8) is 0 Å². The van der Waals surface area contributed by atoms with Crippen molar-refractivity contribution >= 4 is 17.3 Å². The Hall–Kier alpha value is -2.34. The Morgan fingerprint density at radius 1 is 1.25 bits per heavy atom. The van der Waals surface area contributed by atoms with Crippen LogP contribution in [-0.2, 0) is 11.3 Å². The van der Waals surface area contributed by atoms with Gasteiger partial charge in [-0.1, -0.05) is 6.07 Å². The number of hydrogen-bond acceptors (Lipinski definition) is 6. The number of aromatic nitrogens is 2. The highest BCUT2D eigenvalue weighted by atomic mass is 16.5. The molecule has 0 atom stereocenters. The number of methoxy groups -OCH3 is 1. The SMILES string of the molecule is CCOc1cccc(Nc2cc(N)nc(COC)n2)c1. The van der Waals surface area contributed by atoms with E-state index in [1.54, 1.807) is 13.2 Å². The third-order valence-corrected chi connectivity index (χ3v) is 2.48. The number of nitrogens with one attached hydrogen (secondary N) is 1. The first kappa shape index (κ1) is 14.1. The smallest absolute Gasteiger partial charge is 0.158 e. The van der Waals surface area contributed by atoms with Crippen molar-refractivity contribution in [1.82, 2.24) is 9.97 Å². The van der Waals surface area contributed by atoms with E-state index in [0.717, 1.165) is 11.4 Å². The molecule has 20 heavy (non-hydrogen) atoms. The molecule has 6 heteroatoms. The van der Waals surface area contributed by atoms with E-state index in [9.17, 15) is 0 Å². The normalized spacial score (nSPS) is 10.3. The maximum absolute atomic E-state index is 5.75. The monoisotopic (exact) mass is 274 g/mol. The largest absolute Gasteiger partial charge is 0.494 e. The van der Waals surface area contributed by atoms with Gasteiger partial charge in [-0.2, -0.15) is 0 Å². The first-order valence-corrected chi connectivity index (χ1v) is 6.33. The summed E-state index contributed by atoms with van der Waals surface area (Å²) < 4.78 is 10.5. The summed E-state index contributed by atoms with van der Waals surface area (Å²) in [6, 6.07) is 9.31. The lowest BCUT2D eigenvalue weighted by atomic mass is 10.3. The Bertz CT molecular complexity index is 575. The van der Waals surface area contributed by atoms with Crippen molar-refractivity contribution in [2.75, 3.05) is 24.8 Å². The van der Waals surface area contributed by atoms with E-state index in [2.05, 4.69) is 15.3 Å². The van der Waals surface area contributed by atoms with Gasteiger partial charge in [0.1, 0.15) is 24.0 Å². The predicted molar refractivity (Wildman–Crippen MR) is 78.1 cm³/mol. The molecule has 0 spiro atoms. The molecule has 0 bridgehead atoms. The standard InChI is InChI=1S/C14H18N4O2/c1-3-20-11-6-4-5-10(7-11)16-13-8-12(15)17-14(18-13)9-19-2/h4-8H,3,9H2,1-2H3,(H3,15,16,17,18). The number of anilines is 3. The highest BCUT2D eigenvalue weighted by molar-refractivity contribution is 5.60. The van der Waals surface area contributed by atoms with Crippen LogP contribution in [0.5, 0.6) is 5.75 Å². The van der Waals surface area contributed by atoms with Gasteiger partial charge in [0.05, 0.1) is 6.61 Å². The van der Waals surface area contributed by atoms with E-state index < -0.39 is 0 Å². The molecule has 0 aliphatic heterocycles. The molecule has 0 aliphatic carbocycles. The van der Waals surface area contributed by atoms with E-state index in [0.29, 0.717) is 30.7 Å². The molecule has 2 aromatic rings. The molecule has 0 amide bonds. The summed E-state index contributed by atoms with van der Waals surface area (Å²) in [5.74, 6) is 2.36. The minimum atomic E-state index is 0.318. The maximum atomic E-state index is 5.75. The van der Waals surface area contributed by atoms with Gasteiger partial charge in [0.2, 0.25) is 0 Å². The molecular weight excluding hydrogens is 256 g/mol. The summed E-state index contributed by atoms with van der Waals surface area (Å²) in [5.41, 5.74) is 6.62. The number of nitrogens with two attached hydrogens (primary N) is 1. The van der Waals surface area contributed by atoms with Crippen molar-refractivity contribution in [2.24, 2.45) is 0 Å². The van der Waals surface area contributed by atoms with Gasteiger partial charge in [-0.05, 0) is 19.1 Å². The van der Waals surface area contributed by atoms with Gasteiger partial charge in [-0.25, -0.2) is 9.97 Å². The molecule has 0 unspecified atom stereocenters. The average molecular weight is 274 g/mol. The summed E-state index contributed by atoms with van der Waals surface area (Å²) in [6.07, 6.45) is 0. The van der Waals surface area contributed by atoms with Crippen LogP contribution in [0.25, 0.3) is 0 Å². The van der Waals surface area contributed by atoms with Gasteiger partial charge in [0, 0.05) is 24.9 Å². The second-order valence-corrected chi connectivity index (χ2v) is 4.11. The highest BCUT2D eigenvalue weighted by Gasteiger charge is 2.04. The molecule has 1 heterocycles. The number of benzene rings is 1. The molecule has 106 valence electrons. The van der Waals surface area contributed by atoms with Crippen LogP contribution in [0, 0.1) is 0 Å². The van der Waals surface area contributed by atoms with E-state index in [1.165, 1.54) is 0 Å². The summed E-state index contributed by atoms with van der Waals surface area (Å²) in [6.45, 7) is 2.89. The fraction of sp³-hybridized carbons (Fsp3) is 0.286. The molecule has 0 fully saturated rings. The zero-order chi connectivity index (χ0) is 14.4. The zero-order valence-corrected chi connectivity index (χ0v) is 11.6. The number of ether oxygens (including phenoxy) is 2. The molecule has 0 radical (unpaired) electrons. The molecule has 1 aromatic heterocycles. The minimum Gasteiger partial charge on any atom is -0.494 e. The van der Waals surface area contributed by atoms with E-state index >= 15 is 0 Å². The summed E-state index contributed by atoms with van der Waals surface area (Å²) in [5, 5.41) is 3.18. The van der Waals surface area contributed by atoms with Crippen LogP contribution in [0.15, 0.2) is 30.3 Å². The van der Waals surface area contributed by atoms with Crippen LogP contribution in [0.4, 0.5) is 17.3 Å². The minimum absolute atomic E-state index is 0.318. The maximum Gasteiger partial charge on any atom is 0.158 e. The lowest BCUT2D eigenvalue weighted by Crippen LogP contribution is -2.04.